The molecule has 0 spiro atoms. The van der Waals surface area contributed by atoms with E-state index in [-0.39, 0.29) is 38.6 Å². The Labute approximate surface area is 173 Å². The van der Waals surface area contributed by atoms with Crippen LogP contribution < -0.4 is 9.78 Å². The number of carbonyl (C=O) groups excluding carboxylic acids is 2. The van der Waals surface area contributed by atoms with Gasteiger partial charge in [0.05, 0.1) is 0 Å². The van der Waals surface area contributed by atoms with Crippen LogP contribution in [0.4, 0.5) is 0 Å². The van der Waals surface area contributed by atoms with Crippen LogP contribution in [0.1, 0.15) is 44.1 Å². The Morgan fingerprint density at radius 2 is 1.61 bits per heavy atom. The molecule has 2 atom stereocenters. The van der Waals surface area contributed by atoms with Crippen molar-refractivity contribution in [1.82, 2.24) is 5.32 Å². The number of carbonyl (C=O) groups is 2. The molecule has 28 heavy (non-hydrogen) atoms. The number of benzene rings is 2. The fourth-order valence-corrected chi connectivity index (χ4v) is 7.48. The van der Waals surface area contributed by atoms with Crippen molar-refractivity contribution in [3.05, 3.63) is 66.2 Å². The predicted octanol–water partition coefficient (Wildman–Crippen LogP) is 3.46. The van der Waals surface area contributed by atoms with Gasteiger partial charge in [-0.3, -0.25) is 0 Å². The van der Waals surface area contributed by atoms with Gasteiger partial charge in [-0.25, -0.2) is 0 Å². The molecule has 1 saturated carbocycles. The standard InChI is InChI=1S/C24H27NO2Se/c26-22(19-12-6-2-7-13-19)24(28-21-14-8-3-9-15-21)17-20(25-23(24)27)16-18-10-4-1-5-11-18/h1,3-5,8-11,14-15,19-20H,2,6-7,12-13,16-17H2,(H,25,27)/t20-,24?/m1/s1. The number of ketones is 1. The number of Topliss-reactive ketones (excluding diaryl/α,β-unsaturated/α-hetero) is 1. The van der Waals surface area contributed by atoms with E-state index in [0.717, 1.165) is 36.6 Å². The van der Waals surface area contributed by atoms with Gasteiger partial charge in [0.15, 0.2) is 0 Å². The topological polar surface area (TPSA) is 46.2 Å². The maximum atomic E-state index is 13.7. The summed E-state index contributed by atoms with van der Waals surface area (Å²) in [7, 11) is 0. The van der Waals surface area contributed by atoms with Crippen LogP contribution >= 0.6 is 0 Å². The Hall–Kier alpha value is -1.90. The van der Waals surface area contributed by atoms with Crippen LogP contribution in [0.5, 0.6) is 0 Å². The summed E-state index contributed by atoms with van der Waals surface area (Å²) in [4.78, 5) is 27.0. The van der Waals surface area contributed by atoms with Crippen molar-refractivity contribution in [2.24, 2.45) is 5.92 Å². The summed E-state index contributed by atoms with van der Waals surface area (Å²) in [6.07, 6.45) is 6.75. The number of amides is 1. The molecule has 2 aromatic rings. The van der Waals surface area contributed by atoms with Crippen LogP contribution in [0.15, 0.2) is 60.7 Å². The van der Waals surface area contributed by atoms with Crippen LogP contribution in [0.3, 0.4) is 0 Å². The first-order valence-corrected chi connectivity index (χ1v) is 12.0. The molecule has 3 nitrogen and oxygen atoms in total. The van der Waals surface area contributed by atoms with Crippen LogP contribution in [-0.4, -0.2) is 32.7 Å². The van der Waals surface area contributed by atoms with Crippen LogP contribution in [-0.2, 0) is 16.0 Å². The van der Waals surface area contributed by atoms with Gasteiger partial charge in [0.25, 0.3) is 0 Å². The molecule has 2 fully saturated rings. The summed E-state index contributed by atoms with van der Waals surface area (Å²) >= 11 is -0.196. The van der Waals surface area contributed by atoms with Crippen molar-refractivity contribution in [2.45, 2.75) is 55.3 Å². The predicted molar refractivity (Wildman–Crippen MR) is 113 cm³/mol. The summed E-state index contributed by atoms with van der Waals surface area (Å²) in [6.45, 7) is 0. The zero-order chi connectivity index (χ0) is 19.4. The number of nitrogens with one attached hydrogen (secondary N) is 1. The third kappa shape index (κ3) is 4.09. The molecule has 1 unspecified atom stereocenters. The Bertz CT molecular complexity index is 817. The van der Waals surface area contributed by atoms with Gasteiger partial charge < -0.3 is 0 Å². The van der Waals surface area contributed by atoms with Gasteiger partial charge in [-0.05, 0) is 0 Å². The van der Waals surface area contributed by atoms with Crippen molar-refractivity contribution in [3.8, 4) is 0 Å². The van der Waals surface area contributed by atoms with E-state index in [2.05, 4.69) is 29.6 Å². The average molecular weight is 440 g/mol. The molecule has 2 aromatic carbocycles. The van der Waals surface area contributed by atoms with E-state index >= 15 is 0 Å². The van der Waals surface area contributed by atoms with E-state index in [1.54, 1.807) is 0 Å². The van der Waals surface area contributed by atoms with Gasteiger partial charge in [-0.1, -0.05) is 0 Å². The van der Waals surface area contributed by atoms with Gasteiger partial charge in [0.2, 0.25) is 0 Å². The monoisotopic (exact) mass is 441 g/mol. The van der Waals surface area contributed by atoms with Crippen molar-refractivity contribution in [3.63, 3.8) is 0 Å². The molecule has 146 valence electrons. The van der Waals surface area contributed by atoms with E-state index in [9.17, 15) is 9.59 Å². The second-order valence-electron chi connectivity index (χ2n) is 8.01. The Balaban J connectivity index is 1.60. The fraction of sp³-hybridized carbons (Fsp3) is 0.417. The summed E-state index contributed by atoms with van der Waals surface area (Å²) in [5.74, 6) is 0.234. The number of rotatable bonds is 6. The van der Waals surface area contributed by atoms with Gasteiger partial charge in [0, 0.05) is 0 Å². The van der Waals surface area contributed by atoms with Gasteiger partial charge >= 0.3 is 173 Å². The van der Waals surface area contributed by atoms with Crippen molar-refractivity contribution < 1.29 is 9.59 Å². The van der Waals surface area contributed by atoms with E-state index < -0.39 is 4.31 Å². The molecule has 0 aromatic heterocycles. The molecule has 0 radical (unpaired) electrons. The molecule has 1 amide bonds. The molecule has 1 aliphatic heterocycles. The molecule has 1 heterocycles. The first-order chi connectivity index (χ1) is 13.7. The average Bonchev–Trinajstić information content (AvgIpc) is 3.05. The zero-order valence-electron chi connectivity index (χ0n) is 16.1. The Morgan fingerprint density at radius 1 is 0.964 bits per heavy atom. The second kappa shape index (κ2) is 8.63. The molecule has 1 aliphatic carbocycles. The quantitative estimate of drug-likeness (QED) is 0.553. The molecule has 1 saturated heterocycles. The second-order valence-corrected chi connectivity index (χ2v) is 10.9. The number of hydrogen-bond acceptors (Lipinski definition) is 2. The van der Waals surface area contributed by atoms with E-state index in [1.807, 2.05) is 36.4 Å². The minimum atomic E-state index is -0.851. The zero-order valence-corrected chi connectivity index (χ0v) is 17.8. The summed E-state index contributed by atoms with van der Waals surface area (Å²) < 4.78 is 0.283. The van der Waals surface area contributed by atoms with E-state index in [4.69, 9.17) is 0 Å². The van der Waals surface area contributed by atoms with E-state index in [1.165, 1.54) is 12.0 Å². The maximum absolute atomic E-state index is 13.7. The van der Waals surface area contributed by atoms with E-state index in [0.29, 0.717) is 6.42 Å². The molecule has 2 aliphatic rings. The normalized spacial score (nSPS) is 25.4. The van der Waals surface area contributed by atoms with Crippen molar-refractivity contribution >= 4 is 31.1 Å². The third-order valence-corrected chi connectivity index (χ3v) is 8.93. The molecule has 0 bridgehead atoms. The summed E-state index contributed by atoms with van der Waals surface area (Å²) in [5, 5.41) is 3.19. The molecule has 4 heteroatoms. The first kappa shape index (κ1) is 19.4. The van der Waals surface area contributed by atoms with Gasteiger partial charge in [0.1, 0.15) is 0 Å². The Morgan fingerprint density at radius 3 is 2.29 bits per heavy atom. The third-order valence-electron chi connectivity index (χ3n) is 5.97. The van der Waals surface area contributed by atoms with Crippen LogP contribution in [0, 0.1) is 5.92 Å². The van der Waals surface area contributed by atoms with Crippen molar-refractivity contribution in [2.75, 3.05) is 0 Å². The molecular weight excluding hydrogens is 413 g/mol. The Kier molecular flexibility index (Phi) is 5.98. The van der Waals surface area contributed by atoms with Gasteiger partial charge in [-0.2, -0.15) is 0 Å². The summed E-state index contributed by atoms with van der Waals surface area (Å²) in [6, 6.07) is 20.4. The minimum absolute atomic E-state index is 0.0344. The summed E-state index contributed by atoms with van der Waals surface area (Å²) in [5.41, 5.74) is 1.21. The molecule has 4 rings (SSSR count). The van der Waals surface area contributed by atoms with Gasteiger partial charge in [-0.15, -0.1) is 0 Å². The number of hydrogen-bond donors (Lipinski definition) is 1. The molecule has 1 N–H and O–H groups in total. The molecular formula is C24H27NO2Se. The first-order valence-electron chi connectivity index (χ1n) is 10.3. The van der Waals surface area contributed by atoms with Crippen molar-refractivity contribution in [1.29, 1.82) is 0 Å². The van der Waals surface area contributed by atoms with Crippen LogP contribution in [0.25, 0.3) is 0 Å². The fourth-order valence-electron chi connectivity index (χ4n) is 4.55. The van der Waals surface area contributed by atoms with Crippen LogP contribution in [0.2, 0.25) is 4.31 Å². The SMILES string of the molecule is O=C1N[C@H](Cc2ccccc2)CC1([Se]c1ccccc1)C(=O)C1CCCCC1.